The molecule has 5 rings (SSSR count). The van der Waals surface area contributed by atoms with Gasteiger partial charge in [-0.1, -0.05) is 55.5 Å². The van der Waals surface area contributed by atoms with Crippen LogP contribution in [0.1, 0.15) is 24.1 Å². The number of hydrogen-bond acceptors (Lipinski definition) is 6. The predicted octanol–water partition coefficient (Wildman–Crippen LogP) is 4.21. The zero-order valence-corrected chi connectivity index (χ0v) is 17.8. The van der Waals surface area contributed by atoms with E-state index in [2.05, 4.69) is 6.92 Å². The number of hydrogen-bond donors (Lipinski definition) is 0. The second-order valence-corrected chi connectivity index (χ2v) is 8.04. The number of nitrogens with zero attached hydrogens (tertiary/aromatic N) is 3. The van der Waals surface area contributed by atoms with E-state index >= 15 is 0 Å². The van der Waals surface area contributed by atoms with Gasteiger partial charge in [-0.05, 0) is 35.7 Å². The lowest BCUT2D eigenvalue weighted by atomic mass is 9.90. The van der Waals surface area contributed by atoms with E-state index in [1.807, 2.05) is 30.3 Å². The highest BCUT2D eigenvalue weighted by atomic mass is 16.7. The average Bonchev–Trinajstić information content (AvgIpc) is 3.35. The number of para-hydroxylation sites is 1. The summed E-state index contributed by atoms with van der Waals surface area (Å²) in [5.41, 5.74) is 2.73. The molecule has 0 spiro atoms. The first-order valence-electron chi connectivity index (χ1n) is 10.7. The Morgan fingerprint density at radius 3 is 2.27 bits per heavy atom. The number of nitro groups is 1. The van der Waals surface area contributed by atoms with Crippen LogP contribution in [0.25, 0.3) is 0 Å². The second kappa shape index (κ2) is 8.14. The van der Waals surface area contributed by atoms with E-state index in [9.17, 15) is 19.7 Å². The van der Waals surface area contributed by atoms with Crippen molar-refractivity contribution >= 4 is 28.9 Å². The fourth-order valence-corrected chi connectivity index (χ4v) is 4.50. The number of anilines is 2. The van der Waals surface area contributed by atoms with Gasteiger partial charge in [0, 0.05) is 12.1 Å². The van der Waals surface area contributed by atoms with Crippen LogP contribution >= 0.6 is 0 Å². The topological polar surface area (TPSA) is 93.0 Å². The number of nitro benzene ring substituents is 1. The number of rotatable bonds is 5. The van der Waals surface area contributed by atoms with Crippen LogP contribution in [0.4, 0.5) is 17.1 Å². The van der Waals surface area contributed by atoms with Gasteiger partial charge in [-0.2, -0.15) is 0 Å². The molecule has 0 unspecified atom stereocenters. The maximum Gasteiger partial charge on any atom is 0.271 e. The molecule has 0 aliphatic carbocycles. The van der Waals surface area contributed by atoms with Crippen LogP contribution in [0.2, 0.25) is 0 Å². The third kappa shape index (κ3) is 3.44. The van der Waals surface area contributed by atoms with E-state index in [0.29, 0.717) is 11.4 Å². The van der Waals surface area contributed by atoms with Crippen molar-refractivity contribution in [2.75, 3.05) is 9.96 Å². The first-order chi connectivity index (χ1) is 16.0. The van der Waals surface area contributed by atoms with E-state index in [4.69, 9.17) is 4.84 Å². The maximum atomic E-state index is 13.5. The second-order valence-electron chi connectivity index (χ2n) is 8.04. The van der Waals surface area contributed by atoms with Crippen LogP contribution in [-0.2, 0) is 20.8 Å². The number of carbonyl (C=O) groups excluding carboxylic acids is 2. The summed E-state index contributed by atoms with van der Waals surface area (Å²) in [5.74, 6) is -1.59. The Kier molecular flexibility index (Phi) is 5.14. The highest BCUT2D eigenvalue weighted by Crippen LogP contribution is 2.48. The van der Waals surface area contributed by atoms with E-state index in [0.717, 1.165) is 17.5 Å². The molecule has 2 aliphatic heterocycles. The highest BCUT2D eigenvalue weighted by Gasteiger charge is 2.60. The van der Waals surface area contributed by atoms with Crippen molar-refractivity contribution in [3.8, 4) is 0 Å². The van der Waals surface area contributed by atoms with Gasteiger partial charge in [0.15, 0.2) is 6.10 Å². The Morgan fingerprint density at radius 1 is 0.909 bits per heavy atom. The monoisotopic (exact) mass is 443 g/mol. The first-order valence-corrected chi connectivity index (χ1v) is 10.7. The van der Waals surface area contributed by atoms with Gasteiger partial charge in [0.05, 0.1) is 22.3 Å². The van der Waals surface area contributed by atoms with Crippen LogP contribution in [-0.4, -0.2) is 22.8 Å². The van der Waals surface area contributed by atoms with Crippen molar-refractivity contribution < 1.29 is 19.3 Å². The minimum Gasteiger partial charge on any atom is -0.273 e. The standard InChI is InChI=1S/C25H21N3O5/c1-2-16-11-13-17(14-12-16)22-21-23(25(30)26(24(21)29)18-7-4-3-5-8-18)33-27(22)19-9-6-10-20(15-19)28(31)32/h3-15,21-23H,2H2,1H3/t21-,22-,23+/m1/s1. The van der Waals surface area contributed by atoms with Crippen molar-refractivity contribution in [1.82, 2.24) is 0 Å². The summed E-state index contributed by atoms with van der Waals surface area (Å²) in [4.78, 5) is 44.9. The Labute approximate surface area is 190 Å². The lowest BCUT2D eigenvalue weighted by Gasteiger charge is -2.28. The normalized spacial score (nSPS) is 22.0. The molecule has 33 heavy (non-hydrogen) atoms. The van der Waals surface area contributed by atoms with Gasteiger partial charge in [-0.25, -0.2) is 9.96 Å². The molecule has 3 aromatic carbocycles. The van der Waals surface area contributed by atoms with Crippen LogP contribution in [0, 0.1) is 16.0 Å². The summed E-state index contributed by atoms with van der Waals surface area (Å²) in [6.07, 6.45) is -0.158. The molecule has 8 nitrogen and oxygen atoms in total. The number of amides is 2. The molecular weight excluding hydrogens is 422 g/mol. The molecule has 0 N–H and O–H groups in total. The lowest BCUT2D eigenvalue weighted by Crippen LogP contribution is -2.37. The molecule has 2 aliphatic rings. The quantitative estimate of drug-likeness (QED) is 0.333. The van der Waals surface area contributed by atoms with Gasteiger partial charge in [0.2, 0.25) is 5.91 Å². The van der Waals surface area contributed by atoms with Gasteiger partial charge in [0.25, 0.3) is 11.6 Å². The molecule has 8 heteroatoms. The van der Waals surface area contributed by atoms with Crippen molar-refractivity contribution in [2.45, 2.75) is 25.5 Å². The molecule has 2 saturated heterocycles. The lowest BCUT2D eigenvalue weighted by molar-refractivity contribution is -0.384. The zero-order valence-electron chi connectivity index (χ0n) is 17.8. The van der Waals surface area contributed by atoms with Crippen LogP contribution in [0.3, 0.4) is 0 Å². The SMILES string of the molecule is CCc1ccc([C@@H]2[C@H]3C(=O)N(c4ccccc4)C(=O)[C@H]3ON2c2cccc([N+](=O)[O-])c2)cc1. The summed E-state index contributed by atoms with van der Waals surface area (Å²) in [6.45, 7) is 2.05. The summed E-state index contributed by atoms with van der Waals surface area (Å²) in [7, 11) is 0. The molecule has 0 radical (unpaired) electrons. The Balaban J connectivity index is 1.59. The molecule has 3 aromatic rings. The largest absolute Gasteiger partial charge is 0.273 e. The third-order valence-corrected chi connectivity index (χ3v) is 6.15. The molecule has 3 atom stereocenters. The predicted molar refractivity (Wildman–Crippen MR) is 121 cm³/mol. The number of imide groups is 1. The van der Waals surface area contributed by atoms with Gasteiger partial charge in [-0.3, -0.25) is 24.5 Å². The van der Waals surface area contributed by atoms with Gasteiger partial charge in [0.1, 0.15) is 5.92 Å². The molecule has 0 aromatic heterocycles. The maximum absolute atomic E-state index is 13.5. The van der Waals surface area contributed by atoms with Crippen LogP contribution in [0.15, 0.2) is 78.9 Å². The molecule has 0 bridgehead atoms. The van der Waals surface area contributed by atoms with Crippen LogP contribution in [0.5, 0.6) is 0 Å². The Hall–Kier alpha value is -4.04. The summed E-state index contributed by atoms with van der Waals surface area (Å²) in [5, 5.41) is 12.8. The number of non-ortho nitro benzene ring substituents is 1. The minimum atomic E-state index is -1.02. The minimum absolute atomic E-state index is 0.100. The van der Waals surface area contributed by atoms with Gasteiger partial charge < -0.3 is 0 Å². The summed E-state index contributed by atoms with van der Waals surface area (Å²) < 4.78 is 0. The van der Waals surface area contributed by atoms with E-state index in [-0.39, 0.29) is 11.6 Å². The molecule has 2 heterocycles. The Bertz CT molecular complexity index is 1230. The Morgan fingerprint density at radius 2 is 1.61 bits per heavy atom. The number of aryl methyl sites for hydroxylation is 1. The van der Waals surface area contributed by atoms with Crippen molar-refractivity contribution in [2.24, 2.45) is 5.92 Å². The van der Waals surface area contributed by atoms with Gasteiger partial charge >= 0.3 is 0 Å². The van der Waals surface area contributed by atoms with Crippen molar-refractivity contribution in [3.05, 3.63) is 100 Å². The smallest absolute Gasteiger partial charge is 0.271 e. The fourth-order valence-electron chi connectivity index (χ4n) is 4.50. The summed E-state index contributed by atoms with van der Waals surface area (Å²) in [6, 6.07) is 21.9. The molecule has 2 amide bonds. The number of fused-ring (bicyclic) bond motifs is 1. The van der Waals surface area contributed by atoms with Crippen molar-refractivity contribution in [3.63, 3.8) is 0 Å². The van der Waals surface area contributed by atoms with Gasteiger partial charge in [-0.15, -0.1) is 0 Å². The van der Waals surface area contributed by atoms with E-state index in [1.54, 1.807) is 36.4 Å². The summed E-state index contributed by atoms with van der Waals surface area (Å²) >= 11 is 0. The first kappa shape index (κ1) is 20.8. The number of carbonyl (C=O) groups is 2. The van der Waals surface area contributed by atoms with E-state index in [1.165, 1.54) is 22.1 Å². The molecule has 166 valence electrons. The molecule has 0 saturated carbocycles. The highest BCUT2D eigenvalue weighted by molar-refractivity contribution is 6.23. The number of hydroxylamine groups is 1. The average molecular weight is 443 g/mol. The molecule has 2 fully saturated rings. The van der Waals surface area contributed by atoms with E-state index < -0.39 is 28.9 Å². The fraction of sp³-hybridized carbons (Fsp3) is 0.200. The third-order valence-electron chi connectivity index (χ3n) is 6.15. The zero-order chi connectivity index (χ0) is 23.1. The van der Waals surface area contributed by atoms with Crippen LogP contribution < -0.4 is 9.96 Å². The molecular formula is C25H21N3O5. The number of benzene rings is 3. The van der Waals surface area contributed by atoms with Crippen molar-refractivity contribution in [1.29, 1.82) is 0 Å².